The molecule has 0 saturated carbocycles. The zero-order valence-corrected chi connectivity index (χ0v) is 23.6. The summed E-state index contributed by atoms with van der Waals surface area (Å²) in [6.45, 7) is 3.79. The van der Waals surface area contributed by atoms with Gasteiger partial charge in [-0.1, -0.05) is 68.8 Å². The Morgan fingerprint density at radius 1 is 1.00 bits per heavy atom. The first-order valence-corrected chi connectivity index (χ1v) is 15.0. The first kappa shape index (κ1) is 26.8. The third-order valence-corrected chi connectivity index (χ3v) is 11.1. The van der Waals surface area contributed by atoms with Crippen molar-refractivity contribution in [3.63, 3.8) is 0 Å². The average Bonchev–Trinajstić information content (AvgIpc) is 3.61. The van der Waals surface area contributed by atoms with E-state index in [1.54, 1.807) is 16.7 Å². The van der Waals surface area contributed by atoms with E-state index >= 15 is 0 Å². The minimum absolute atomic E-state index is 0.0149. The summed E-state index contributed by atoms with van der Waals surface area (Å²) in [5, 5.41) is 18.7. The molecule has 7 nitrogen and oxygen atoms in total. The van der Waals surface area contributed by atoms with Gasteiger partial charge in [-0.25, -0.2) is 0 Å². The number of amides is 3. The van der Waals surface area contributed by atoms with Crippen molar-refractivity contribution in [2.75, 3.05) is 17.2 Å². The smallest absolute Gasteiger partial charge is 0.248 e. The molecule has 3 heterocycles. The molecule has 40 heavy (non-hydrogen) atoms. The van der Waals surface area contributed by atoms with Gasteiger partial charge in [-0.05, 0) is 53.8 Å². The van der Waals surface area contributed by atoms with Crippen LogP contribution in [0, 0.1) is 17.8 Å². The highest BCUT2D eigenvalue weighted by Crippen LogP contribution is 2.67. The summed E-state index contributed by atoms with van der Waals surface area (Å²) in [5.74, 6) is -1.80. The number of thioether (sulfide) groups is 1. The van der Waals surface area contributed by atoms with Gasteiger partial charge in [0.05, 0.1) is 29.2 Å². The summed E-state index contributed by atoms with van der Waals surface area (Å²) in [5.41, 5.74) is 1.35. The van der Waals surface area contributed by atoms with Crippen LogP contribution >= 0.6 is 11.8 Å². The molecular weight excluding hydrogens is 522 g/mol. The molecule has 3 amide bonds. The lowest BCUT2D eigenvalue weighted by Gasteiger charge is -2.39. The molecule has 0 aliphatic carbocycles. The summed E-state index contributed by atoms with van der Waals surface area (Å²) < 4.78 is -0.720. The van der Waals surface area contributed by atoms with Crippen LogP contribution in [0.4, 0.5) is 11.4 Å². The van der Waals surface area contributed by atoms with Gasteiger partial charge in [0, 0.05) is 16.6 Å². The number of fused-ring (bicyclic) bond motifs is 2. The Morgan fingerprint density at radius 2 is 1.70 bits per heavy atom. The number of aliphatic hydroxyl groups is 1. The fourth-order valence-corrected chi connectivity index (χ4v) is 9.29. The first-order chi connectivity index (χ1) is 19.4. The maximum atomic E-state index is 14.3. The molecule has 3 fully saturated rings. The zero-order chi connectivity index (χ0) is 28.0. The Bertz CT molecular complexity index is 1450. The molecule has 3 aliphatic heterocycles. The molecule has 2 bridgehead atoms. The van der Waals surface area contributed by atoms with Crippen LogP contribution < -0.4 is 10.6 Å². The molecule has 3 saturated heterocycles. The summed E-state index contributed by atoms with van der Waals surface area (Å²) in [6, 6.07) is 21.7. The summed E-state index contributed by atoms with van der Waals surface area (Å²) >= 11 is 1.63. The van der Waals surface area contributed by atoms with Crippen LogP contribution in [0.25, 0.3) is 10.8 Å². The Morgan fingerprint density at radius 3 is 2.42 bits per heavy atom. The Labute approximate surface area is 238 Å². The largest absolute Gasteiger partial charge is 0.394 e. The van der Waals surface area contributed by atoms with Crippen molar-refractivity contribution < 1.29 is 19.5 Å². The number of nitrogens with zero attached hydrogens (tertiary/aromatic N) is 1. The Hall–Kier alpha value is -3.36. The predicted octanol–water partition coefficient (Wildman–Crippen LogP) is 4.92. The molecule has 6 rings (SSSR count). The van der Waals surface area contributed by atoms with Gasteiger partial charge in [-0.3, -0.25) is 14.4 Å². The van der Waals surface area contributed by atoms with Crippen molar-refractivity contribution in [2.24, 2.45) is 17.8 Å². The topological polar surface area (TPSA) is 98.7 Å². The number of likely N-dealkylation sites (tertiary alicyclic amines) is 1. The van der Waals surface area contributed by atoms with E-state index in [0.717, 1.165) is 23.6 Å². The van der Waals surface area contributed by atoms with Crippen molar-refractivity contribution in [1.82, 2.24) is 4.90 Å². The Kier molecular flexibility index (Phi) is 7.09. The van der Waals surface area contributed by atoms with Gasteiger partial charge in [0.2, 0.25) is 17.7 Å². The molecule has 0 aromatic heterocycles. The van der Waals surface area contributed by atoms with Gasteiger partial charge in [-0.2, -0.15) is 0 Å². The number of carbonyl (C=O) groups excluding carboxylic acids is 3. The Balaban J connectivity index is 1.37. The molecule has 3 aromatic carbocycles. The number of hydrogen-bond acceptors (Lipinski definition) is 5. The lowest BCUT2D eigenvalue weighted by Crippen LogP contribution is -2.56. The van der Waals surface area contributed by atoms with Crippen LogP contribution in [0.2, 0.25) is 0 Å². The quantitative estimate of drug-likeness (QED) is 0.365. The SMILES string of the molecule is CC[C@H](C)[C@H](CO)N1C(=O)[C@@H]2[C@@H](C(=O)Nc3ccccc3)[C@H]3CCC2(S3)C1C(=O)Nc1ccc2ccccc2c1. The fraction of sp³-hybridized carbons (Fsp3) is 0.406. The van der Waals surface area contributed by atoms with Crippen molar-refractivity contribution in [3.05, 3.63) is 72.8 Å². The molecule has 3 aromatic rings. The van der Waals surface area contributed by atoms with Crippen LogP contribution in [0.3, 0.4) is 0 Å². The maximum Gasteiger partial charge on any atom is 0.248 e. The minimum atomic E-state index is -0.785. The van der Waals surface area contributed by atoms with Gasteiger partial charge in [0.1, 0.15) is 6.04 Å². The maximum absolute atomic E-state index is 14.3. The second kappa shape index (κ2) is 10.6. The number of anilines is 2. The second-order valence-electron chi connectivity index (χ2n) is 11.3. The highest BCUT2D eigenvalue weighted by atomic mass is 32.2. The normalized spacial score (nSPS) is 28.4. The number of benzene rings is 3. The van der Waals surface area contributed by atoms with Gasteiger partial charge in [0.15, 0.2) is 0 Å². The highest BCUT2D eigenvalue weighted by molar-refractivity contribution is 8.02. The summed E-state index contributed by atoms with van der Waals surface area (Å²) in [6.07, 6.45) is 2.19. The van der Waals surface area contributed by atoms with Crippen LogP contribution in [0.15, 0.2) is 72.8 Å². The van der Waals surface area contributed by atoms with E-state index in [4.69, 9.17) is 0 Å². The molecule has 8 heteroatoms. The molecule has 2 unspecified atom stereocenters. The number of para-hydroxylation sites is 1. The van der Waals surface area contributed by atoms with Crippen LogP contribution in [-0.4, -0.2) is 56.4 Å². The standard InChI is InChI=1S/C32H35N3O4S/c1-3-19(2)24(18-36)35-28(30(38)34-23-14-13-20-9-7-8-10-21(20)17-23)32-16-15-25(40-32)26(27(32)31(35)39)29(37)33-22-11-5-4-6-12-22/h4-14,17,19,24-28,36H,3,15-16,18H2,1-2H3,(H,33,37)(H,34,38)/t19-,24-,25+,26-,27-,28?,32?/m0/s1. The molecular formula is C32H35N3O4S. The number of rotatable bonds is 8. The highest BCUT2D eigenvalue weighted by Gasteiger charge is 2.74. The second-order valence-corrected chi connectivity index (χ2v) is 12.9. The van der Waals surface area contributed by atoms with Gasteiger partial charge >= 0.3 is 0 Å². The first-order valence-electron chi connectivity index (χ1n) is 14.1. The third kappa shape index (κ3) is 4.29. The molecule has 3 N–H and O–H groups in total. The number of aliphatic hydroxyl groups excluding tert-OH is 1. The van der Waals surface area contributed by atoms with E-state index in [-0.39, 0.29) is 35.5 Å². The number of nitrogens with one attached hydrogen (secondary N) is 2. The predicted molar refractivity (Wildman–Crippen MR) is 159 cm³/mol. The third-order valence-electron chi connectivity index (χ3n) is 9.19. The van der Waals surface area contributed by atoms with Gasteiger partial charge in [-0.15, -0.1) is 11.8 Å². The van der Waals surface area contributed by atoms with Crippen molar-refractivity contribution in [2.45, 2.75) is 55.2 Å². The van der Waals surface area contributed by atoms with Crippen molar-refractivity contribution in [3.8, 4) is 0 Å². The summed E-state index contributed by atoms with van der Waals surface area (Å²) in [4.78, 5) is 43.9. The zero-order valence-electron chi connectivity index (χ0n) is 22.7. The molecule has 0 radical (unpaired) electrons. The molecule has 208 valence electrons. The van der Waals surface area contributed by atoms with Crippen LogP contribution in [0.5, 0.6) is 0 Å². The molecule has 7 atom stereocenters. The van der Waals surface area contributed by atoms with Gasteiger partial charge < -0.3 is 20.6 Å². The van der Waals surface area contributed by atoms with E-state index in [9.17, 15) is 19.5 Å². The lowest BCUT2D eigenvalue weighted by molar-refractivity contribution is -0.142. The molecule has 1 spiro atoms. The van der Waals surface area contributed by atoms with Crippen LogP contribution in [-0.2, 0) is 14.4 Å². The van der Waals surface area contributed by atoms with E-state index in [2.05, 4.69) is 10.6 Å². The van der Waals surface area contributed by atoms with Crippen molar-refractivity contribution in [1.29, 1.82) is 0 Å². The fourth-order valence-electron chi connectivity index (χ4n) is 7.09. The van der Waals surface area contributed by atoms with Crippen LogP contribution in [0.1, 0.15) is 33.1 Å². The minimum Gasteiger partial charge on any atom is -0.394 e. The van der Waals surface area contributed by atoms with E-state index in [0.29, 0.717) is 17.8 Å². The molecule has 3 aliphatic rings. The lowest BCUT2D eigenvalue weighted by atomic mass is 9.70. The summed E-state index contributed by atoms with van der Waals surface area (Å²) in [7, 11) is 0. The average molecular weight is 558 g/mol. The van der Waals surface area contributed by atoms with E-state index in [1.165, 1.54) is 0 Å². The number of hydrogen-bond donors (Lipinski definition) is 3. The van der Waals surface area contributed by atoms with Crippen molar-refractivity contribution >= 4 is 51.6 Å². The number of carbonyl (C=O) groups is 3. The van der Waals surface area contributed by atoms with E-state index in [1.807, 2.05) is 86.6 Å². The van der Waals surface area contributed by atoms with Gasteiger partial charge in [0.25, 0.3) is 0 Å². The van der Waals surface area contributed by atoms with E-state index < -0.39 is 28.7 Å². The monoisotopic (exact) mass is 557 g/mol.